The second kappa shape index (κ2) is 9.74. The van der Waals surface area contributed by atoms with E-state index in [1.807, 2.05) is 18.2 Å². The Balaban J connectivity index is 1.59. The third kappa shape index (κ3) is 4.13. The largest absolute Gasteiger partial charge is 0.455 e. The standard InChI is InChI=1S/C37H31FN2O/c1-22(2)30-19-25(24-11-6-5-7-12-24)20-31(23(3)4)35(30)40-33-16-9-8-15-32(33)39-37(40)29-14-10-13-28-27-18-17-26(38)21-34(27)41-36(28)29/h5-23H,1-4H3. The molecular weight excluding hydrogens is 507 g/mol. The van der Waals surface area contributed by atoms with E-state index in [9.17, 15) is 4.39 Å². The molecule has 202 valence electrons. The lowest BCUT2D eigenvalue weighted by atomic mass is 9.88. The fourth-order valence-corrected chi connectivity index (χ4v) is 6.00. The molecule has 0 spiro atoms. The molecule has 2 heterocycles. The van der Waals surface area contributed by atoms with Crippen LogP contribution in [0, 0.1) is 5.82 Å². The zero-order valence-electron chi connectivity index (χ0n) is 23.7. The minimum Gasteiger partial charge on any atom is -0.455 e. The molecule has 0 atom stereocenters. The zero-order valence-corrected chi connectivity index (χ0v) is 23.7. The second-order valence-electron chi connectivity index (χ2n) is 11.4. The average molecular weight is 539 g/mol. The van der Waals surface area contributed by atoms with Crippen molar-refractivity contribution < 1.29 is 8.81 Å². The molecule has 0 N–H and O–H groups in total. The predicted octanol–water partition coefficient (Wildman–Crippen LogP) is 10.6. The van der Waals surface area contributed by atoms with Crippen LogP contribution in [0.4, 0.5) is 4.39 Å². The average Bonchev–Trinajstić information content (AvgIpc) is 3.54. The summed E-state index contributed by atoms with van der Waals surface area (Å²) in [7, 11) is 0. The molecule has 0 unspecified atom stereocenters. The molecule has 0 saturated heterocycles. The molecule has 0 amide bonds. The number of hydrogen-bond donors (Lipinski definition) is 0. The first kappa shape index (κ1) is 25.3. The Morgan fingerprint density at radius 3 is 2.12 bits per heavy atom. The summed E-state index contributed by atoms with van der Waals surface area (Å²) in [5.41, 5.74) is 10.2. The lowest BCUT2D eigenvalue weighted by molar-refractivity contribution is 0.618. The van der Waals surface area contributed by atoms with Crippen molar-refractivity contribution in [1.29, 1.82) is 0 Å². The number of halogens is 1. The Bertz CT molecular complexity index is 2040. The Hall–Kier alpha value is -4.70. The van der Waals surface area contributed by atoms with Gasteiger partial charge in [0, 0.05) is 16.8 Å². The van der Waals surface area contributed by atoms with Gasteiger partial charge in [0.25, 0.3) is 0 Å². The van der Waals surface area contributed by atoms with Crippen LogP contribution in [0.3, 0.4) is 0 Å². The van der Waals surface area contributed by atoms with Crippen molar-refractivity contribution in [3.05, 3.63) is 120 Å². The van der Waals surface area contributed by atoms with Gasteiger partial charge in [0.1, 0.15) is 22.8 Å². The van der Waals surface area contributed by atoms with Crippen LogP contribution in [0.5, 0.6) is 0 Å². The van der Waals surface area contributed by atoms with E-state index in [0.717, 1.165) is 38.9 Å². The van der Waals surface area contributed by atoms with E-state index in [2.05, 4.69) is 99.0 Å². The highest BCUT2D eigenvalue weighted by Crippen LogP contribution is 2.42. The summed E-state index contributed by atoms with van der Waals surface area (Å²) in [5, 5.41) is 1.84. The SMILES string of the molecule is CC(C)c1cc(-c2ccccc2)cc(C(C)C)c1-n1c(-c2cccc3c2oc2cc(F)ccc23)nc2ccccc21. The van der Waals surface area contributed by atoms with E-state index in [1.165, 1.54) is 34.4 Å². The second-order valence-corrected chi connectivity index (χ2v) is 11.4. The van der Waals surface area contributed by atoms with Gasteiger partial charge in [-0.05, 0) is 76.6 Å². The van der Waals surface area contributed by atoms with Gasteiger partial charge in [0.15, 0.2) is 0 Å². The smallest absolute Gasteiger partial charge is 0.149 e. The summed E-state index contributed by atoms with van der Waals surface area (Å²) in [6, 6.07) is 34.4. The van der Waals surface area contributed by atoms with Crippen LogP contribution in [0.1, 0.15) is 50.7 Å². The number of rotatable bonds is 5. The van der Waals surface area contributed by atoms with Gasteiger partial charge in [0.05, 0.1) is 22.3 Å². The van der Waals surface area contributed by atoms with Gasteiger partial charge >= 0.3 is 0 Å². The first-order valence-corrected chi connectivity index (χ1v) is 14.2. The Morgan fingerprint density at radius 2 is 1.39 bits per heavy atom. The van der Waals surface area contributed by atoms with E-state index in [0.29, 0.717) is 11.2 Å². The summed E-state index contributed by atoms with van der Waals surface area (Å²) in [6.45, 7) is 9.02. The molecule has 0 bridgehead atoms. The number of imidazole rings is 1. The van der Waals surface area contributed by atoms with Gasteiger partial charge in [-0.25, -0.2) is 9.37 Å². The summed E-state index contributed by atoms with van der Waals surface area (Å²) < 4.78 is 22.8. The maximum atomic E-state index is 14.1. The molecule has 5 aromatic carbocycles. The van der Waals surface area contributed by atoms with Crippen molar-refractivity contribution in [1.82, 2.24) is 9.55 Å². The van der Waals surface area contributed by atoms with Crippen LogP contribution >= 0.6 is 0 Å². The number of nitrogens with zero attached hydrogens (tertiary/aromatic N) is 2. The first-order valence-electron chi connectivity index (χ1n) is 14.2. The molecule has 7 aromatic rings. The number of benzene rings is 5. The number of furan rings is 1. The molecule has 41 heavy (non-hydrogen) atoms. The van der Waals surface area contributed by atoms with Crippen LogP contribution in [0.15, 0.2) is 108 Å². The highest BCUT2D eigenvalue weighted by atomic mass is 19.1. The normalized spacial score (nSPS) is 12.0. The summed E-state index contributed by atoms with van der Waals surface area (Å²) >= 11 is 0. The van der Waals surface area contributed by atoms with E-state index in [4.69, 9.17) is 9.40 Å². The van der Waals surface area contributed by atoms with E-state index < -0.39 is 0 Å². The van der Waals surface area contributed by atoms with Crippen molar-refractivity contribution in [3.63, 3.8) is 0 Å². The monoisotopic (exact) mass is 538 g/mol. The lowest BCUT2D eigenvalue weighted by Crippen LogP contribution is -2.09. The predicted molar refractivity (Wildman–Crippen MR) is 167 cm³/mol. The van der Waals surface area contributed by atoms with E-state index in [1.54, 1.807) is 6.07 Å². The minimum absolute atomic E-state index is 0.269. The van der Waals surface area contributed by atoms with E-state index in [-0.39, 0.29) is 17.7 Å². The summed E-state index contributed by atoms with van der Waals surface area (Å²) in [6.07, 6.45) is 0. The molecule has 0 radical (unpaired) electrons. The number of hydrogen-bond acceptors (Lipinski definition) is 2. The van der Waals surface area contributed by atoms with Crippen LogP contribution < -0.4 is 0 Å². The van der Waals surface area contributed by atoms with Crippen molar-refractivity contribution in [3.8, 4) is 28.2 Å². The van der Waals surface area contributed by atoms with Gasteiger partial charge in [-0.1, -0.05) is 82.3 Å². The van der Waals surface area contributed by atoms with Crippen molar-refractivity contribution in [2.45, 2.75) is 39.5 Å². The molecule has 0 fully saturated rings. The molecule has 4 heteroatoms. The summed E-state index contributed by atoms with van der Waals surface area (Å²) in [5.74, 6) is 1.04. The van der Waals surface area contributed by atoms with Gasteiger partial charge in [-0.3, -0.25) is 4.57 Å². The highest BCUT2D eigenvalue weighted by molar-refractivity contribution is 6.09. The third-order valence-corrected chi connectivity index (χ3v) is 8.01. The minimum atomic E-state index is -0.313. The van der Waals surface area contributed by atoms with Crippen molar-refractivity contribution >= 4 is 33.0 Å². The van der Waals surface area contributed by atoms with Crippen molar-refractivity contribution in [2.24, 2.45) is 0 Å². The van der Waals surface area contributed by atoms with Gasteiger partial charge in [0.2, 0.25) is 0 Å². The van der Waals surface area contributed by atoms with Gasteiger partial charge in [-0.2, -0.15) is 0 Å². The Labute approximate surface area is 238 Å². The highest BCUT2D eigenvalue weighted by Gasteiger charge is 2.25. The van der Waals surface area contributed by atoms with Crippen LogP contribution in [-0.2, 0) is 0 Å². The number of fused-ring (bicyclic) bond motifs is 4. The Morgan fingerprint density at radius 1 is 0.683 bits per heavy atom. The number of aromatic nitrogens is 2. The van der Waals surface area contributed by atoms with Crippen LogP contribution in [0.25, 0.3) is 61.2 Å². The molecule has 0 saturated carbocycles. The first-order chi connectivity index (χ1) is 19.9. The van der Waals surface area contributed by atoms with Crippen molar-refractivity contribution in [2.75, 3.05) is 0 Å². The third-order valence-electron chi connectivity index (χ3n) is 8.01. The maximum absolute atomic E-state index is 14.1. The van der Waals surface area contributed by atoms with Gasteiger partial charge < -0.3 is 4.42 Å². The topological polar surface area (TPSA) is 31.0 Å². The van der Waals surface area contributed by atoms with Crippen LogP contribution in [-0.4, -0.2) is 9.55 Å². The maximum Gasteiger partial charge on any atom is 0.149 e. The quantitative estimate of drug-likeness (QED) is 0.218. The fourth-order valence-electron chi connectivity index (χ4n) is 6.00. The molecule has 2 aromatic heterocycles. The molecule has 7 rings (SSSR count). The summed E-state index contributed by atoms with van der Waals surface area (Å²) in [4.78, 5) is 5.21. The lowest BCUT2D eigenvalue weighted by Gasteiger charge is -2.24. The number of para-hydroxylation sites is 3. The molecule has 0 aliphatic rings. The zero-order chi connectivity index (χ0) is 28.2. The Kier molecular flexibility index (Phi) is 6.01. The van der Waals surface area contributed by atoms with Gasteiger partial charge in [-0.15, -0.1) is 0 Å². The molecular formula is C37H31FN2O. The van der Waals surface area contributed by atoms with Crippen LogP contribution in [0.2, 0.25) is 0 Å². The van der Waals surface area contributed by atoms with E-state index >= 15 is 0 Å². The fraction of sp³-hybridized carbons (Fsp3) is 0.162. The molecule has 0 aliphatic carbocycles. The molecule has 3 nitrogen and oxygen atoms in total. The molecule has 0 aliphatic heterocycles.